The minimum Gasteiger partial charge on any atom is -0.354 e. The zero-order valence-corrected chi connectivity index (χ0v) is 14.3. The van der Waals surface area contributed by atoms with E-state index >= 15 is 0 Å². The van der Waals surface area contributed by atoms with Gasteiger partial charge in [0.2, 0.25) is 16.0 Å². The first-order valence-corrected chi connectivity index (χ1v) is 9.74. The zero-order valence-electron chi connectivity index (χ0n) is 13.5. The van der Waals surface area contributed by atoms with E-state index in [9.17, 15) is 8.42 Å². The number of anilines is 1. The summed E-state index contributed by atoms with van der Waals surface area (Å²) in [5, 5.41) is 3.13. The molecule has 2 aromatic rings. The van der Waals surface area contributed by atoms with Crippen molar-refractivity contribution in [3.05, 3.63) is 48.3 Å². The van der Waals surface area contributed by atoms with Crippen LogP contribution in [0.4, 0.5) is 5.95 Å². The van der Waals surface area contributed by atoms with E-state index in [0.29, 0.717) is 17.4 Å². The topological polar surface area (TPSA) is 84.0 Å². The van der Waals surface area contributed by atoms with E-state index < -0.39 is 10.0 Å². The van der Waals surface area contributed by atoms with Crippen molar-refractivity contribution in [2.75, 3.05) is 11.9 Å². The number of hydrogen-bond acceptors (Lipinski definition) is 5. The maximum absolute atomic E-state index is 12.4. The van der Waals surface area contributed by atoms with Gasteiger partial charge in [0.05, 0.1) is 4.90 Å². The monoisotopic (exact) mass is 346 g/mol. The third-order valence-corrected chi connectivity index (χ3v) is 5.71. The van der Waals surface area contributed by atoms with Gasteiger partial charge in [-0.05, 0) is 43.0 Å². The lowest BCUT2D eigenvalue weighted by Gasteiger charge is -2.13. The lowest BCUT2D eigenvalue weighted by atomic mass is 10.1. The molecule has 0 saturated heterocycles. The van der Waals surface area contributed by atoms with E-state index in [4.69, 9.17) is 0 Å². The average molecular weight is 346 g/mol. The summed E-state index contributed by atoms with van der Waals surface area (Å²) in [7, 11) is -3.41. The van der Waals surface area contributed by atoms with Crippen LogP contribution in [0.1, 0.15) is 31.2 Å². The van der Waals surface area contributed by atoms with E-state index in [0.717, 1.165) is 37.7 Å². The smallest absolute Gasteiger partial charge is 0.240 e. The van der Waals surface area contributed by atoms with E-state index in [1.807, 2.05) is 12.1 Å². The van der Waals surface area contributed by atoms with Crippen LogP contribution >= 0.6 is 0 Å². The molecule has 0 amide bonds. The van der Waals surface area contributed by atoms with Gasteiger partial charge in [0.15, 0.2) is 0 Å². The van der Waals surface area contributed by atoms with E-state index in [2.05, 4.69) is 20.0 Å². The van der Waals surface area contributed by atoms with Gasteiger partial charge in [0, 0.05) is 25.0 Å². The molecule has 1 saturated carbocycles. The number of rotatable bonds is 7. The lowest BCUT2D eigenvalue weighted by Crippen LogP contribution is -2.32. The molecule has 1 aliphatic carbocycles. The highest BCUT2D eigenvalue weighted by molar-refractivity contribution is 7.89. The first-order valence-electron chi connectivity index (χ1n) is 8.26. The Kier molecular flexibility index (Phi) is 5.42. The summed E-state index contributed by atoms with van der Waals surface area (Å²) in [6, 6.07) is 8.92. The molecule has 24 heavy (non-hydrogen) atoms. The van der Waals surface area contributed by atoms with Crippen molar-refractivity contribution in [3.8, 4) is 0 Å². The van der Waals surface area contributed by atoms with Crippen molar-refractivity contribution in [3.63, 3.8) is 0 Å². The molecule has 0 radical (unpaired) electrons. The average Bonchev–Trinajstić information content (AvgIpc) is 3.09. The Morgan fingerprint density at radius 2 is 1.71 bits per heavy atom. The van der Waals surface area contributed by atoms with Gasteiger partial charge < -0.3 is 5.32 Å². The Bertz CT molecular complexity index is 742. The molecule has 0 atom stereocenters. The summed E-state index contributed by atoms with van der Waals surface area (Å²) >= 11 is 0. The molecule has 0 spiro atoms. The predicted octanol–water partition coefficient (Wildman–Crippen LogP) is 2.35. The van der Waals surface area contributed by atoms with E-state index in [1.165, 1.54) is 0 Å². The standard InChI is InChI=1S/C17H22N4O2S/c22-24(23,21-15-4-1-2-5-15)16-8-6-14(7-9-16)10-13-20-17-18-11-3-12-19-17/h3,6-9,11-12,15,21H,1-2,4-5,10,13H2,(H,18,19,20). The molecule has 2 N–H and O–H groups in total. The molecule has 3 rings (SSSR count). The second kappa shape index (κ2) is 7.72. The fourth-order valence-electron chi connectivity index (χ4n) is 2.88. The summed E-state index contributed by atoms with van der Waals surface area (Å²) < 4.78 is 27.5. The highest BCUT2D eigenvalue weighted by atomic mass is 32.2. The predicted molar refractivity (Wildman–Crippen MR) is 93.2 cm³/mol. The molecule has 6 nitrogen and oxygen atoms in total. The second-order valence-electron chi connectivity index (χ2n) is 6.00. The molecule has 0 unspecified atom stereocenters. The fourth-order valence-corrected chi connectivity index (χ4v) is 4.18. The van der Waals surface area contributed by atoms with Gasteiger partial charge in [0.1, 0.15) is 0 Å². The van der Waals surface area contributed by atoms with Crippen molar-refractivity contribution >= 4 is 16.0 Å². The fraction of sp³-hybridized carbons (Fsp3) is 0.412. The van der Waals surface area contributed by atoms with Gasteiger partial charge in [-0.1, -0.05) is 25.0 Å². The van der Waals surface area contributed by atoms with Gasteiger partial charge >= 0.3 is 0 Å². The normalized spacial score (nSPS) is 15.5. The number of sulfonamides is 1. The Morgan fingerprint density at radius 1 is 1.04 bits per heavy atom. The largest absolute Gasteiger partial charge is 0.354 e. The second-order valence-corrected chi connectivity index (χ2v) is 7.71. The number of aromatic nitrogens is 2. The van der Waals surface area contributed by atoms with Crippen LogP contribution in [-0.2, 0) is 16.4 Å². The summed E-state index contributed by atoms with van der Waals surface area (Å²) in [5.74, 6) is 0.595. The van der Waals surface area contributed by atoms with Crippen LogP contribution in [-0.4, -0.2) is 31.0 Å². The Morgan fingerprint density at radius 3 is 2.38 bits per heavy atom. The molecule has 1 fully saturated rings. The van der Waals surface area contributed by atoms with Gasteiger partial charge in [-0.25, -0.2) is 23.1 Å². The molecular weight excluding hydrogens is 324 g/mol. The third kappa shape index (κ3) is 4.52. The SMILES string of the molecule is O=S(=O)(NC1CCCC1)c1ccc(CCNc2ncccn2)cc1. The van der Waals surface area contributed by atoms with Crippen molar-refractivity contribution in [1.82, 2.24) is 14.7 Å². The molecule has 0 bridgehead atoms. The number of hydrogen-bond donors (Lipinski definition) is 2. The summed E-state index contributed by atoms with van der Waals surface area (Å²) in [6.07, 6.45) is 8.22. The Labute approximate surface area is 142 Å². The van der Waals surface area contributed by atoms with Crippen molar-refractivity contribution < 1.29 is 8.42 Å². The summed E-state index contributed by atoms with van der Waals surface area (Å²) in [6.45, 7) is 0.691. The number of benzene rings is 1. The maximum atomic E-state index is 12.4. The minimum absolute atomic E-state index is 0.0877. The van der Waals surface area contributed by atoms with Gasteiger partial charge in [0.25, 0.3) is 0 Å². The zero-order chi connectivity index (χ0) is 16.8. The first-order chi connectivity index (χ1) is 11.6. The molecule has 1 aliphatic rings. The van der Waals surface area contributed by atoms with Crippen LogP contribution in [0.2, 0.25) is 0 Å². The first kappa shape index (κ1) is 16.9. The molecule has 1 heterocycles. The van der Waals surface area contributed by atoms with Crippen molar-refractivity contribution in [2.45, 2.75) is 43.0 Å². The van der Waals surface area contributed by atoms with Crippen molar-refractivity contribution in [2.24, 2.45) is 0 Å². The van der Waals surface area contributed by atoms with Crippen LogP contribution < -0.4 is 10.0 Å². The van der Waals surface area contributed by atoms with Crippen molar-refractivity contribution in [1.29, 1.82) is 0 Å². The molecule has 128 valence electrons. The molecular formula is C17H22N4O2S. The molecule has 0 aliphatic heterocycles. The number of nitrogens with one attached hydrogen (secondary N) is 2. The molecule has 7 heteroatoms. The lowest BCUT2D eigenvalue weighted by molar-refractivity contribution is 0.552. The number of nitrogens with zero attached hydrogens (tertiary/aromatic N) is 2. The van der Waals surface area contributed by atoms with Crippen LogP contribution in [0, 0.1) is 0 Å². The van der Waals surface area contributed by atoms with Crippen LogP contribution in [0.5, 0.6) is 0 Å². The van der Waals surface area contributed by atoms with E-state index in [1.54, 1.807) is 30.6 Å². The molecule has 1 aromatic carbocycles. The highest BCUT2D eigenvalue weighted by Crippen LogP contribution is 2.20. The summed E-state index contributed by atoms with van der Waals surface area (Å²) in [5.41, 5.74) is 1.07. The van der Waals surface area contributed by atoms with Crippen LogP contribution in [0.3, 0.4) is 0 Å². The quantitative estimate of drug-likeness (QED) is 0.804. The van der Waals surface area contributed by atoms with Gasteiger partial charge in [-0.2, -0.15) is 0 Å². The maximum Gasteiger partial charge on any atom is 0.240 e. The van der Waals surface area contributed by atoms with Crippen LogP contribution in [0.25, 0.3) is 0 Å². The Balaban J connectivity index is 1.54. The Hall–Kier alpha value is -1.99. The highest BCUT2D eigenvalue weighted by Gasteiger charge is 2.22. The molecule has 1 aromatic heterocycles. The van der Waals surface area contributed by atoms with E-state index in [-0.39, 0.29) is 6.04 Å². The minimum atomic E-state index is -3.41. The third-order valence-electron chi connectivity index (χ3n) is 4.17. The van der Waals surface area contributed by atoms with Gasteiger partial charge in [-0.15, -0.1) is 0 Å². The summed E-state index contributed by atoms with van der Waals surface area (Å²) in [4.78, 5) is 8.52. The van der Waals surface area contributed by atoms with Gasteiger partial charge in [-0.3, -0.25) is 0 Å². The van der Waals surface area contributed by atoms with Crippen LogP contribution in [0.15, 0.2) is 47.6 Å².